The number of hydrogen-bond donors (Lipinski definition) is 1. The van der Waals surface area contributed by atoms with Crippen LogP contribution in [0.15, 0.2) is 42.5 Å². The molecule has 0 aliphatic carbocycles. The van der Waals surface area contributed by atoms with Crippen molar-refractivity contribution in [1.29, 1.82) is 5.41 Å². The lowest BCUT2D eigenvalue weighted by molar-refractivity contribution is -0.145. The molecule has 1 aromatic carbocycles. The average molecular weight is 328 g/mol. The summed E-state index contributed by atoms with van der Waals surface area (Å²) in [6.45, 7) is 7.70. The van der Waals surface area contributed by atoms with Gasteiger partial charge in [0.15, 0.2) is 6.61 Å². The van der Waals surface area contributed by atoms with Crippen molar-refractivity contribution >= 4 is 11.7 Å². The number of carbonyl (C=O) groups excluding carboxylic acids is 1. The summed E-state index contributed by atoms with van der Waals surface area (Å²) >= 11 is 0. The number of ether oxygens (including phenoxy) is 2. The second kappa shape index (κ2) is 10.2. The van der Waals surface area contributed by atoms with Gasteiger partial charge in [-0.1, -0.05) is 44.2 Å². The van der Waals surface area contributed by atoms with Crippen LogP contribution < -0.4 is 4.74 Å². The molecule has 0 amide bonds. The minimum absolute atomic E-state index is 0.171. The van der Waals surface area contributed by atoms with Gasteiger partial charge in [0, 0.05) is 17.2 Å². The second-order valence-corrected chi connectivity index (χ2v) is 4.62. The van der Waals surface area contributed by atoms with E-state index in [4.69, 9.17) is 14.9 Å². The van der Waals surface area contributed by atoms with E-state index in [-0.39, 0.29) is 6.61 Å². The topological polar surface area (TPSA) is 72.3 Å². The van der Waals surface area contributed by atoms with E-state index in [0.717, 1.165) is 11.1 Å². The number of benzene rings is 1. The van der Waals surface area contributed by atoms with Crippen molar-refractivity contribution in [2.75, 3.05) is 13.2 Å². The number of rotatable bonds is 6. The molecule has 0 bridgehead atoms. The van der Waals surface area contributed by atoms with E-state index in [2.05, 4.69) is 4.98 Å². The highest BCUT2D eigenvalue weighted by Crippen LogP contribution is 2.16. The van der Waals surface area contributed by atoms with Crippen molar-refractivity contribution in [2.24, 2.45) is 0 Å². The normalized spacial score (nSPS) is 9.50. The maximum absolute atomic E-state index is 11.3. The van der Waals surface area contributed by atoms with Gasteiger partial charge in [-0.15, -0.1) is 0 Å². The van der Waals surface area contributed by atoms with E-state index >= 15 is 0 Å². The Morgan fingerprint density at radius 3 is 2.38 bits per heavy atom. The maximum Gasteiger partial charge on any atom is 0.344 e. The Morgan fingerprint density at radius 1 is 1.12 bits per heavy atom. The Balaban J connectivity index is 0.00000139. The second-order valence-electron chi connectivity index (χ2n) is 4.62. The van der Waals surface area contributed by atoms with Gasteiger partial charge in [0.1, 0.15) is 0 Å². The third-order valence-electron chi connectivity index (χ3n) is 3.04. The Kier molecular flexibility index (Phi) is 8.19. The maximum atomic E-state index is 11.3. The van der Waals surface area contributed by atoms with Crippen molar-refractivity contribution in [2.45, 2.75) is 27.7 Å². The zero-order chi connectivity index (χ0) is 17.9. The predicted octanol–water partition coefficient (Wildman–Crippen LogP) is 3.77. The number of pyridine rings is 1. The van der Waals surface area contributed by atoms with Gasteiger partial charge in [0.05, 0.1) is 18.0 Å². The summed E-state index contributed by atoms with van der Waals surface area (Å²) in [5.74, 6) is -0.0850. The molecule has 2 rings (SSSR count). The molecule has 0 aliphatic rings. The number of nitrogens with zero attached hydrogens (tertiary/aromatic N) is 1. The zero-order valence-electron chi connectivity index (χ0n) is 14.6. The highest BCUT2D eigenvalue weighted by Gasteiger charge is 2.11. The molecule has 0 spiro atoms. The standard InChI is InChI=1S/C17H18N2O3.C2H6/c1-3-21-16(20)11-22-15-10-9-14(12(2)19-15)17(18)13-7-5-4-6-8-13;1-2/h4-10,18H,3,11H2,1-2H3;1-2H3. The van der Waals surface area contributed by atoms with Gasteiger partial charge < -0.3 is 9.47 Å². The van der Waals surface area contributed by atoms with Gasteiger partial charge in [-0.25, -0.2) is 9.78 Å². The van der Waals surface area contributed by atoms with Crippen LogP contribution in [0.3, 0.4) is 0 Å². The summed E-state index contributed by atoms with van der Waals surface area (Å²) in [4.78, 5) is 15.5. The van der Waals surface area contributed by atoms with Gasteiger partial charge in [-0.2, -0.15) is 0 Å². The van der Waals surface area contributed by atoms with Crippen molar-refractivity contribution in [3.8, 4) is 5.88 Å². The highest BCUT2D eigenvalue weighted by molar-refractivity contribution is 6.11. The van der Waals surface area contributed by atoms with E-state index in [9.17, 15) is 4.79 Å². The molecule has 0 radical (unpaired) electrons. The third kappa shape index (κ3) is 5.50. The highest BCUT2D eigenvalue weighted by atomic mass is 16.6. The molecule has 5 nitrogen and oxygen atoms in total. The smallest absolute Gasteiger partial charge is 0.344 e. The van der Waals surface area contributed by atoms with Crippen LogP contribution in [-0.4, -0.2) is 29.9 Å². The molecular weight excluding hydrogens is 304 g/mol. The van der Waals surface area contributed by atoms with E-state index in [1.54, 1.807) is 19.1 Å². The minimum atomic E-state index is -0.428. The number of aromatic nitrogens is 1. The van der Waals surface area contributed by atoms with Crippen LogP contribution in [0.4, 0.5) is 0 Å². The molecule has 0 atom stereocenters. The summed E-state index contributed by atoms with van der Waals surface area (Å²) in [6.07, 6.45) is 0. The van der Waals surface area contributed by atoms with Crippen LogP contribution in [0.5, 0.6) is 5.88 Å². The van der Waals surface area contributed by atoms with Crippen LogP contribution in [-0.2, 0) is 9.53 Å². The Bertz CT molecular complexity index is 670. The zero-order valence-corrected chi connectivity index (χ0v) is 14.6. The SMILES string of the molecule is CC.CCOC(=O)COc1ccc(C(=N)c2ccccc2)c(C)n1. The van der Waals surface area contributed by atoms with E-state index in [0.29, 0.717) is 23.9 Å². The Morgan fingerprint density at radius 2 is 1.79 bits per heavy atom. The van der Waals surface area contributed by atoms with Crippen LogP contribution >= 0.6 is 0 Å². The van der Waals surface area contributed by atoms with Crippen molar-refractivity contribution < 1.29 is 14.3 Å². The first-order valence-electron chi connectivity index (χ1n) is 8.02. The number of aryl methyl sites for hydroxylation is 1. The van der Waals surface area contributed by atoms with E-state index in [1.807, 2.05) is 51.1 Å². The molecule has 0 saturated heterocycles. The predicted molar refractivity (Wildman–Crippen MR) is 94.8 cm³/mol. The van der Waals surface area contributed by atoms with Crippen molar-refractivity contribution in [3.63, 3.8) is 0 Å². The molecule has 0 unspecified atom stereocenters. The first-order chi connectivity index (χ1) is 11.6. The van der Waals surface area contributed by atoms with E-state index < -0.39 is 5.97 Å². The molecule has 1 heterocycles. The summed E-state index contributed by atoms with van der Waals surface area (Å²) in [5, 5.41) is 8.25. The first kappa shape index (κ1) is 19.4. The molecule has 0 fully saturated rings. The number of esters is 1. The number of hydrogen-bond acceptors (Lipinski definition) is 5. The lowest BCUT2D eigenvalue weighted by Gasteiger charge is -2.10. The monoisotopic (exact) mass is 328 g/mol. The quantitative estimate of drug-likeness (QED) is 0.647. The van der Waals surface area contributed by atoms with E-state index in [1.165, 1.54) is 0 Å². The minimum Gasteiger partial charge on any atom is -0.466 e. The molecular formula is C19H24N2O3. The summed E-state index contributed by atoms with van der Waals surface area (Å²) in [5.41, 5.74) is 2.64. The van der Waals surface area contributed by atoms with Crippen molar-refractivity contribution in [3.05, 3.63) is 59.3 Å². The van der Waals surface area contributed by atoms with Crippen LogP contribution in [0, 0.1) is 12.3 Å². The first-order valence-corrected chi connectivity index (χ1v) is 8.02. The molecule has 24 heavy (non-hydrogen) atoms. The average Bonchev–Trinajstić information content (AvgIpc) is 2.62. The molecule has 0 saturated carbocycles. The van der Waals surface area contributed by atoms with Gasteiger partial charge in [0.2, 0.25) is 5.88 Å². The van der Waals surface area contributed by atoms with Crippen LogP contribution in [0.25, 0.3) is 0 Å². The summed E-state index contributed by atoms with van der Waals surface area (Å²) < 4.78 is 10.1. The molecule has 5 heteroatoms. The van der Waals surface area contributed by atoms with Crippen LogP contribution in [0.1, 0.15) is 37.6 Å². The summed E-state index contributed by atoms with van der Waals surface area (Å²) in [7, 11) is 0. The molecule has 0 aliphatic heterocycles. The fraction of sp³-hybridized carbons (Fsp3) is 0.316. The molecule has 128 valence electrons. The van der Waals surface area contributed by atoms with Crippen molar-refractivity contribution in [1.82, 2.24) is 4.98 Å². The van der Waals surface area contributed by atoms with Gasteiger partial charge in [0.25, 0.3) is 0 Å². The summed E-state index contributed by atoms with van der Waals surface area (Å²) in [6, 6.07) is 12.9. The number of nitrogens with one attached hydrogen (secondary N) is 1. The van der Waals surface area contributed by atoms with Gasteiger partial charge >= 0.3 is 5.97 Å². The fourth-order valence-corrected chi connectivity index (χ4v) is 1.98. The Labute approximate surface area is 143 Å². The van der Waals surface area contributed by atoms with Gasteiger partial charge in [-0.05, 0) is 19.9 Å². The lowest BCUT2D eigenvalue weighted by atomic mass is 10.0. The lowest BCUT2D eigenvalue weighted by Crippen LogP contribution is -2.15. The molecule has 2 aromatic rings. The molecule has 1 N–H and O–H groups in total. The largest absolute Gasteiger partial charge is 0.466 e. The van der Waals surface area contributed by atoms with Gasteiger partial charge in [-0.3, -0.25) is 5.41 Å². The van der Waals surface area contributed by atoms with Crippen LogP contribution in [0.2, 0.25) is 0 Å². The fourth-order valence-electron chi connectivity index (χ4n) is 1.98. The molecule has 1 aromatic heterocycles. The Hall–Kier alpha value is -2.69. The third-order valence-corrected chi connectivity index (χ3v) is 3.04. The number of carbonyl (C=O) groups is 1.